The lowest BCUT2D eigenvalue weighted by Crippen LogP contribution is -2.59. The Morgan fingerprint density at radius 1 is 1.04 bits per heavy atom. The molecule has 0 aromatic heterocycles. The summed E-state index contributed by atoms with van der Waals surface area (Å²) < 4.78 is 60.2. The van der Waals surface area contributed by atoms with E-state index in [0.29, 0.717) is 0 Å². The number of nitrogens with two attached hydrogens (primary N) is 1. The van der Waals surface area contributed by atoms with E-state index in [1.807, 2.05) is 4.72 Å². The third-order valence-corrected chi connectivity index (χ3v) is 4.66. The van der Waals surface area contributed by atoms with Gasteiger partial charge in [0.1, 0.15) is 24.4 Å². The first-order valence-electron chi connectivity index (χ1n) is 7.12. The molecule has 1 heterocycles. The normalized spacial score (nSPS) is 31.2. The number of aliphatic hydroxyl groups is 4. The van der Waals surface area contributed by atoms with E-state index in [-0.39, 0.29) is 26.0 Å². The Kier molecular flexibility index (Phi) is 8.55. The molecule has 0 radical (unpaired) electrons. The maximum absolute atomic E-state index is 11.7. The van der Waals surface area contributed by atoms with E-state index in [2.05, 4.69) is 13.5 Å². The van der Waals surface area contributed by atoms with Crippen LogP contribution in [0.15, 0.2) is 0 Å². The fraction of sp³-hybridized carbons (Fsp3) is 1.00. The molecule has 7 N–H and O–H groups in total. The van der Waals surface area contributed by atoms with Gasteiger partial charge in [0.05, 0.1) is 13.2 Å². The highest BCUT2D eigenvalue weighted by atomic mass is 32.2. The molecular formula is C10H22N2O11S2. The molecule has 1 fully saturated rings. The van der Waals surface area contributed by atoms with Crippen LogP contribution in [0.3, 0.4) is 0 Å². The van der Waals surface area contributed by atoms with Crippen LogP contribution in [-0.2, 0) is 33.7 Å². The van der Waals surface area contributed by atoms with Crippen molar-refractivity contribution in [1.29, 1.82) is 0 Å². The van der Waals surface area contributed by atoms with Crippen molar-refractivity contribution in [2.24, 2.45) is 5.14 Å². The van der Waals surface area contributed by atoms with Gasteiger partial charge in [0.2, 0.25) is 6.29 Å². The summed E-state index contributed by atoms with van der Waals surface area (Å²) in [5.41, 5.74) is 0. The zero-order valence-electron chi connectivity index (χ0n) is 13.0. The van der Waals surface area contributed by atoms with Gasteiger partial charge in [-0.25, -0.2) is 9.32 Å². The van der Waals surface area contributed by atoms with Crippen molar-refractivity contribution >= 4 is 20.6 Å². The SMILES string of the molecule is NS(=O)(=O)OCCCCNS(=O)(=O)O[C@@H]1O[C@H](CO)[C@@H](O)[C@H](O)[C@H]1O. The highest BCUT2D eigenvalue weighted by molar-refractivity contribution is 7.84. The van der Waals surface area contributed by atoms with Crippen LogP contribution in [0.5, 0.6) is 0 Å². The maximum atomic E-state index is 11.7. The van der Waals surface area contributed by atoms with E-state index < -0.39 is 57.9 Å². The molecular weight excluding hydrogens is 388 g/mol. The molecule has 0 aromatic carbocycles. The fourth-order valence-corrected chi connectivity index (χ4v) is 3.13. The summed E-state index contributed by atoms with van der Waals surface area (Å²) in [5.74, 6) is 0. The molecule has 15 heteroatoms. The Hall–Kier alpha value is -0.460. The Morgan fingerprint density at radius 2 is 1.68 bits per heavy atom. The van der Waals surface area contributed by atoms with Gasteiger partial charge in [0, 0.05) is 6.54 Å². The summed E-state index contributed by atoms with van der Waals surface area (Å²) >= 11 is 0. The number of nitrogens with one attached hydrogen (secondary N) is 1. The molecule has 0 aliphatic carbocycles. The van der Waals surface area contributed by atoms with Gasteiger partial charge >= 0.3 is 20.6 Å². The molecule has 0 unspecified atom stereocenters. The van der Waals surface area contributed by atoms with Crippen LogP contribution in [0.1, 0.15) is 12.8 Å². The van der Waals surface area contributed by atoms with Gasteiger partial charge in [-0.2, -0.15) is 21.6 Å². The lowest BCUT2D eigenvalue weighted by Gasteiger charge is -2.38. The predicted molar refractivity (Wildman–Crippen MR) is 80.1 cm³/mol. The summed E-state index contributed by atoms with van der Waals surface area (Å²) in [6, 6.07) is 0. The third-order valence-electron chi connectivity index (χ3n) is 3.17. The average Bonchev–Trinajstić information content (AvgIpc) is 2.50. The Bertz CT molecular complexity index is 608. The van der Waals surface area contributed by atoms with Gasteiger partial charge in [0.25, 0.3) is 0 Å². The highest BCUT2D eigenvalue weighted by Crippen LogP contribution is 2.22. The largest absolute Gasteiger partial charge is 0.394 e. The summed E-state index contributed by atoms with van der Waals surface area (Å²) in [6.45, 7) is -1.11. The monoisotopic (exact) mass is 410 g/mol. The third kappa shape index (κ3) is 7.75. The van der Waals surface area contributed by atoms with Crippen molar-refractivity contribution in [3.63, 3.8) is 0 Å². The van der Waals surface area contributed by atoms with Crippen molar-refractivity contribution in [2.45, 2.75) is 43.5 Å². The number of hydrogen-bond acceptors (Lipinski definition) is 11. The smallest absolute Gasteiger partial charge is 0.338 e. The van der Waals surface area contributed by atoms with E-state index in [4.69, 9.17) is 9.84 Å². The van der Waals surface area contributed by atoms with Crippen molar-refractivity contribution in [2.75, 3.05) is 19.8 Å². The zero-order chi connectivity index (χ0) is 19.3. The van der Waals surface area contributed by atoms with Crippen molar-refractivity contribution in [3.05, 3.63) is 0 Å². The highest BCUT2D eigenvalue weighted by Gasteiger charge is 2.45. The van der Waals surface area contributed by atoms with Crippen LogP contribution in [-0.4, -0.2) is 87.7 Å². The quantitative estimate of drug-likeness (QED) is 0.189. The summed E-state index contributed by atoms with van der Waals surface area (Å²) in [4.78, 5) is 0. The van der Waals surface area contributed by atoms with E-state index in [9.17, 15) is 32.2 Å². The minimum absolute atomic E-state index is 0.145. The van der Waals surface area contributed by atoms with Crippen LogP contribution < -0.4 is 9.86 Å². The Morgan fingerprint density at radius 3 is 2.24 bits per heavy atom. The predicted octanol–water partition coefficient (Wildman–Crippen LogP) is -4.36. The molecule has 1 rings (SSSR count). The first-order valence-corrected chi connectivity index (χ1v) is 10.0. The maximum Gasteiger partial charge on any atom is 0.338 e. The Balaban J connectivity index is 2.43. The zero-order valence-corrected chi connectivity index (χ0v) is 14.6. The van der Waals surface area contributed by atoms with E-state index in [0.717, 1.165) is 0 Å². The van der Waals surface area contributed by atoms with Crippen LogP contribution in [0.2, 0.25) is 0 Å². The lowest BCUT2D eigenvalue weighted by atomic mass is 10.00. The second-order valence-electron chi connectivity index (χ2n) is 5.16. The topological polar surface area (TPSA) is 215 Å². The van der Waals surface area contributed by atoms with E-state index >= 15 is 0 Å². The van der Waals surface area contributed by atoms with E-state index in [1.54, 1.807) is 0 Å². The molecule has 0 bridgehead atoms. The van der Waals surface area contributed by atoms with Crippen molar-refractivity contribution in [3.8, 4) is 0 Å². The first kappa shape index (κ1) is 22.6. The molecule has 13 nitrogen and oxygen atoms in total. The molecule has 1 aliphatic rings. The summed E-state index contributed by atoms with van der Waals surface area (Å²) in [6.07, 6.45) is -8.06. The van der Waals surface area contributed by atoms with Crippen LogP contribution >= 0.6 is 0 Å². The first-order chi connectivity index (χ1) is 11.5. The molecule has 0 amide bonds. The van der Waals surface area contributed by atoms with Crippen LogP contribution in [0.25, 0.3) is 0 Å². The molecule has 0 spiro atoms. The van der Waals surface area contributed by atoms with Gasteiger partial charge in [-0.15, -0.1) is 0 Å². The van der Waals surface area contributed by atoms with Gasteiger partial charge in [-0.3, -0.25) is 4.18 Å². The lowest BCUT2D eigenvalue weighted by molar-refractivity contribution is -0.276. The molecule has 0 aromatic rings. The van der Waals surface area contributed by atoms with E-state index in [1.165, 1.54) is 0 Å². The fourth-order valence-electron chi connectivity index (χ4n) is 1.91. The molecule has 5 atom stereocenters. The molecule has 1 saturated heterocycles. The summed E-state index contributed by atoms with van der Waals surface area (Å²) in [5, 5.41) is 42.4. The molecule has 150 valence electrons. The minimum atomic E-state index is -4.40. The molecule has 0 saturated carbocycles. The van der Waals surface area contributed by atoms with Crippen LogP contribution in [0, 0.1) is 0 Å². The number of ether oxygens (including phenoxy) is 1. The van der Waals surface area contributed by atoms with Crippen LogP contribution in [0.4, 0.5) is 0 Å². The average molecular weight is 410 g/mol. The van der Waals surface area contributed by atoms with Crippen molar-refractivity contribution in [1.82, 2.24) is 4.72 Å². The second kappa shape index (κ2) is 9.47. The number of unbranched alkanes of at least 4 members (excludes halogenated alkanes) is 1. The second-order valence-corrected chi connectivity index (χ2v) is 7.77. The number of hydrogen-bond donors (Lipinski definition) is 6. The summed E-state index contributed by atoms with van der Waals surface area (Å²) in [7, 11) is -8.45. The number of aliphatic hydroxyl groups excluding tert-OH is 4. The Labute approximate surface area is 144 Å². The number of rotatable bonds is 10. The standard InChI is InChI=1S/C10H22N2O11S2/c11-24(17,18)21-4-2-1-3-12-25(19,20)23-10-9(16)8(15)7(14)6(5-13)22-10/h6-10,12-16H,1-5H2,(H2,11,17,18)/t6-,7-,8+,9-,10+/m1/s1. The molecule has 25 heavy (non-hydrogen) atoms. The molecule has 1 aliphatic heterocycles. The minimum Gasteiger partial charge on any atom is -0.394 e. The van der Waals surface area contributed by atoms with Gasteiger partial charge in [0.15, 0.2) is 0 Å². The van der Waals surface area contributed by atoms with Crippen molar-refractivity contribution < 1.29 is 50.4 Å². The van der Waals surface area contributed by atoms with Gasteiger partial charge in [-0.1, -0.05) is 0 Å². The van der Waals surface area contributed by atoms with Gasteiger partial charge < -0.3 is 25.2 Å². The van der Waals surface area contributed by atoms with Gasteiger partial charge in [-0.05, 0) is 12.8 Å².